The Morgan fingerprint density at radius 2 is 1.31 bits per heavy atom. The zero-order valence-electron chi connectivity index (χ0n) is 9.40. The van der Waals surface area contributed by atoms with E-state index in [2.05, 4.69) is 0 Å². The third kappa shape index (κ3) is 1.51. The van der Waals surface area contributed by atoms with E-state index in [0.717, 1.165) is 0 Å². The molecule has 1 aromatic carbocycles. The molecule has 0 amide bonds. The van der Waals surface area contributed by atoms with E-state index >= 15 is 0 Å². The van der Waals surface area contributed by atoms with Crippen LogP contribution in [0.15, 0.2) is 0 Å². The van der Waals surface area contributed by atoms with Crippen molar-refractivity contribution in [3.05, 3.63) is 34.1 Å². The smallest absolute Gasteiger partial charge is 0.164 e. The first kappa shape index (κ1) is 13.0. The van der Waals surface area contributed by atoms with Crippen LogP contribution in [0.3, 0.4) is 0 Å². The van der Waals surface area contributed by atoms with Gasteiger partial charge in [-0.3, -0.25) is 4.70 Å². The van der Waals surface area contributed by atoms with Crippen molar-refractivity contribution in [3.8, 4) is 0 Å². The van der Waals surface area contributed by atoms with Gasteiger partial charge in [0.2, 0.25) is 0 Å². The molecule has 0 radical (unpaired) electrons. The second kappa shape index (κ2) is 4.07. The predicted molar refractivity (Wildman–Crippen MR) is 55.0 cm³/mol. The van der Waals surface area contributed by atoms with Crippen LogP contribution in [0.5, 0.6) is 0 Å². The van der Waals surface area contributed by atoms with Gasteiger partial charge in [0.05, 0.1) is 0 Å². The van der Waals surface area contributed by atoms with E-state index in [1.807, 2.05) is 6.92 Å². The van der Waals surface area contributed by atoms with Gasteiger partial charge in [0.1, 0.15) is 5.82 Å². The number of hydrogen-bond acceptors (Lipinski definition) is 0. The van der Waals surface area contributed by atoms with Crippen LogP contribution in [0.2, 0.25) is 0 Å². The van der Waals surface area contributed by atoms with E-state index in [1.165, 1.54) is 6.92 Å². The Balaban J connectivity index is 0.00000128. The van der Waals surface area contributed by atoms with E-state index < -0.39 is 17.5 Å². The van der Waals surface area contributed by atoms with Crippen LogP contribution in [0.1, 0.15) is 48.8 Å². The molecule has 1 aliphatic carbocycles. The van der Waals surface area contributed by atoms with Crippen LogP contribution in [0, 0.1) is 24.4 Å². The van der Waals surface area contributed by atoms with Crippen molar-refractivity contribution in [2.75, 3.05) is 0 Å². The highest BCUT2D eigenvalue weighted by Gasteiger charge is 2.34. The van der Waals surface area contributed by atoms with E-state index in [-0.39, 0.29) is 27.7 Å². The predicted octanol–water partition coefficient (Wildman–Crippen LogP) is 4.18. The quantitative estimate of drug-likeness (QED) is 0.466. The average molecular weight is 234 g/mol. The van der Waals surface area contributed by atoms with Crippen molar-refractivity contribution in [2.45, 2.75) is 39.0 Å². The third-order valence-electron chi connectivity index (χ3n) is 3.31. The van der Waals surface area contributed by atoms with Gasteiger partial charge in [0.25, 0.3) is 0 Å². The second-order valence-corrected chi connectivity index (χ2v) is 4.43. The van der Waals surface area contributed by atoms with Gasteiger partial charge in [-0.1, -0.05) is 13.8 Å². The minimum Gasteiger partial charge on any atom is -0.269 e. The molecule has 0 aromatic heterocycles. The average Bonchev–Trinajstić information content (AvgIpc) is 2.47. The maximum Gasteiger partial charge on any atom is 0.164 e. The van der Waals surface area contributed by atoms with Crippen molar-refractivity contribution in [2.24, 2.45) is 0 Å². The lowest BCUT2D eigenvalue weighted by atomic mass is 9.98. The van der Waals surface area contributed by atoms with Crippen molar-refractivity contribution >= 4 is 0 Å². The number of fused-ring (bicyclic) bond motifs is 1. The topological polar surface area (TPSA) is 0 Å². The molecule has 0 saturated heterocycles. The zero-order valence-corrected chi connectivity index (χ0v) is 9.40. The maximum absolute atomic E-state index is 13.8. The summed E-state index contributed by atoms with van der Waals surface area (Å²) in [6.07, 6.45) is 0.687. The molecule has 0 bridgehead atoms. The molecule has 0 fully saturated rings. The molecule has 0 spiro atoms. The summed E-state index contributed by atoms with van der Waals surface area (Å²) in [6.45, 7) is 4.94. The Bertz CT molecular complexity index is 387. The molecule has 0 saturated carbocycles. The van der Waals surface area contributed by atoms with Crippen LogP contribution in [-0.4, -0.2) is 0 Å². The van der Waals surface area contributed by atoms with Crippen molar-refractivity contribution < 1.29 is 17.9 Å². The Hall–Kier alpha value is -1.06. The highest BCUT2D eigenvalue weighted by atomic mass is 19.2. The van der Waals surface area contributed by atoms with Gasteiger partial charge in [-0.25, -0.2) is 13.2 Å². The SMILES string of the molecule is Cc1c(F)c(F)c2c(c1F)C(C)CC2C.F. The molecule has 2 atom stereocenters. The number of rotatable bonds is 0. The molecule has 0 heterocycles. The van der Waals surface area contributed by atoms with E-state index in [0.29, 0.717) is 12.0 Å². The molecule has 16 heavy (non-hydrogen) atoms. The number of hydrogen-bond donors (Lipinski definition) is 0. The molecule has 2 unspecified atom stereocenters. The summed E-state index contributed by atoms with van der Waals surface area (Å²) < 4.78 is 40.7. The number of benzene rings is 1. The lowest BCUT2D eigenvalue weighted by molar-refractivity contribution is 0.472. The molecular weight excluding hydrogens is 220 g/mol. The van der Waals surface area contributed by atoms with E-state index in [1.54, 1.807) is 6.92 Å². The van der Waals surface area contributed by atoms with Gasteiger partial charge in [0, 0.05) is 11.1 Å². The van der Waals surface area contributed by atoms with Crippen LogP contribution in [0.25, 0.3) is 0 Å². The largest absolute Gasteiger partial charge is 0.269 e. The highest BCUT2D eigenvalue weighted by Crippen LogP contribution is 2.45. The van der Waals surface area contributed by atoms with Gasteiger partial charge >= 0.3 is 0 Å². The molecule has 0 nitrogen and oxygen atoms in total. The van der Waals surface area contributed by atoms with Crippen molar-refractivity contribution in [1.29, 1.82) is 0 Å². The molecule has 0 N–H and O–H groups in total. The summed E-state index contributed by atoms with van der Waals surface area (Å²) in [5.41, 5.74) is 0.411. The van der Waals surface area contributed by atoms with Crippen molar-refractivity contribution in [1.82, 2.24) is 0 Å². The Labute approximate surface area is 91.8 Å². The first-order valence-electron chi connectivity index (χ1n) is 5.12. The van der Waals surface area contributed by atoms with Gasteiger partial charge in [0.15, 0.2) is 11.6 Å². The summed E-state index contributed by atoms with van der Waals surface area (Å²) in [6, 6.07) is 0. The first-order chi connectivity index (χ1) is 6.95. The summed E-state index contributed by atoms with van der Waals surface area (Å²) in [5.74, 6) is -2.59. The van der Waals surface area contributed by atoms with Gasteiger partial charge < -0.3 is 0 Å². The molecule has 0 aliphatic heterocycles. The maximum atomic E-state index is 13.8. The lowest BCUT2D eigenvalue weighted by Gasteiger charge is -2.11. The minimum atomic E-state index is -1.03. The molecular formula is C12H14F4. The van der Waals surface area contributed by atoms with Crippen molar-refractivity contribution in [3.63, 3.8) is 0 Å². The standard InChI is InChI=1S/C12H13F3.FH/c1-5-4-6(2)9-8(5)10(13)7(3)11(14)12(9)15;/h5-6H,4H2,1-3H3;1H. The van der Waals surface area contributed by atoms with Crippen LogP contribution >= 0.6 is 0 Å². The molecule has 1 aromatic rings. The fourth-order valence-corrected chi connectivity index (χ4v) is 2.55. The molecule has 90 valence electrons. The highest BCUT2D eigenvalue weighted by molar-refractivity contribution is 5.43. The van der Waals surface area contributed by atoms with Gasteiger partial charge in [-0.2, -0.15) is 0 Å². The molecule has 1 aliphatic rings. The van der Waals surface area contributed by atoms with Crippen LogP contribution < -0.4 is 0 Å². The first-order valence-corrected chi connectivity index (χ1v) is 5.12. The minimum absolute atomic E-state index is 0. The van der Waals surface area contributed by atoms with Crippen LogP contribution in [-0.2, 0) is 0 Å². The zero-order chi connectivity index (χ0) is 11.3. The normalized spacial score (nSPS) is 22.9. The summed E-state index contributed by atoms with van der Waals surface area (Å²) in [5, 5.41) is 0. The Morgan fingerprint density at radius 3 is 1.81 bits per heavy atom. The Kier molecular flexibility index (Phi) is 3.31. The van der Waals surface area contributed by atoms with Crippen LogP contribution in [0.4, 0.5) is 17.9 Å². The molecule has 2 rings (SSSR count). The third-order valence-corrected chi connectivity index (χ3v) is 3.31. The lowest BCUT2D eigenvalue weighted by Crippen LogP contribution is -2.04. The van der Waals surface area contributed by atoms with E-state index in [4.69, 9.17) is 0 Å². The van der Waals surface area contributed by atoms with Gasteiger partial charge in [-0.15, -0.1) is 0 Å². The fourth-order valence-electron chi connectivity index (χ4n) is 2.55. The molecule has 4 heteroatoms. The summed E-state index contributed by atoms with van der Waals surface area (Å²) in [7, 11) is 0. The Morgan fingerprint density at radius 1 is 0.875 bits per heavy atom. The fraction of sp³-hybridized carbons (Fsp3) is 0.500. The second-order valence-electron chi connectivity index (χ2n) is 4.43. The van der Waals surface area contributed by atoms with Gasteiger partial charge in [-0.05, 0) is 30.7 Å². The van der Waals surface area contributed by atoms with E-state index in [9.17, 15) is 13.2 Å². The number of halogens is 4. The summed E-state index contributed by atoms with van der Waals surface area (Å²) >= 11 is 0. The monoisotopic (exact) mass is 234 g/mol. The summed E-state index contributed by atoms with van der Waals surface area (Å²) in [4.78, 5) is 0.